The Bertz CT molecular complexity index is 551. The van der Waals surface area contributed by atoms with E-state index >= 15 is 0 Å². The van der Waals surface area contributed by atoms with Crippen LogP contribution in [0.25, 0.3) is 0 Å². The van der Waals surface area contributed by atoms with Gasteiger partial charge in [0, 0.05) is 12.6 Å². The molecule has 4 rings (SSSR count). The molecular formula is C25H45NO2. The fourth-order valence-electron chi connectivity index (χ4n) is 8.65. The number of aliphatic hydroxyl groups is 1. The predicted octanol–water partition coefficient (Wildman–Crippen LogP) is 5.12. The molecule has 4 aliphatic carbocycles. The first kappa shape index (κ1) is 21.1. The number of fused-ring (bicyclic) bond motifs is 5. The molecule has 0 aromatic heterocycles. The zero-order chi connectivity index (χ0) is 20.1. The summed E-state index contributed by atoms with van der Waals surface area (Å²) in [6.45, 7) is 11.1. The Labute approximate surface area is 173 Å². The number of likely N-dealkylation sites (N-methyl/N-ethyl adjacent to an activating group) is 1. The third-order valence-corrected chi connectivity index (χ3v) is 9.93. The van der Waals surface area contributed by atoms with E-state index < -0.39 is 0 Å². The van der Waals surface area contributed by atoms with E-state index in [1.54, 1.807) is 0 Å². The van der Waals surface area contributed by atoms with E-state index in [4.69, 9.17) is 4.74 Å². The van der Waals surface area contributed by atoms with Crippen LogP contribution in [0.5, 0.6) is 0 Å². The van der Waals surface area contributed by atoms with Crippen LogP contribution in [-0.4, -0.2) is 48.5 Å². The molecule has 162 valence electrons. The standard InChI is InChI=1S/C25H45NO2/c1-17(2)28-15-14-26(5)23-22(27)16-21-19-10-9-18-8-6-7-12-24(18,3)20(19)11-13-25(21,23)4/h17-23,27H,6-16H2,1-5H3/t18?,19-,20+,21+,22?,23+,24+,25+/m1/s1. The van der Waals surface area contributed by atoms with E-state index in [0.717, 1.165) is 37.3 Å². The summed E-state index contributed by atoms with van der Waals surface area (Å²) in [7, 11) is 2.22. The molecule has 3 heteroatoms. The van der Waals surface area contributed by atoms with Gasteiger partial charge < -0.3 is 9.84 Å². The normalized spacial score (nSPS) is 48.4. The van der Waals surface area contributed by atoms with Crippen molar-refractivity contribution in [1.29, 1.82) is 0 Å². The molecule has 4 saturated carbocycles. The minimum atomic E-state index is -0.172. The molecular weight excluding hydrogens is 346 g/mol. The molecule has 2 unspecified atom stereocenters. The van der Waals surface area contributed by atoms with Gasteiger partial charge in [-0.05, 0) is 100 Å². The maximum atomic E-state index is 11.2. The van der Waals surface area contributed by atoms with E-state index in [2.05, 4.69) is 39.6 Å². The lowest BCUT2D eigenvalue weighted by molar-refractivity contribution is -0.115. The van der Waals surface area contributed by atoms with E-state index in [-0.39, 0.29) is 17.6 Å². The second kappa shape index (κ2) is 7.85. The summed E-state index contributed by atoms with van der Waals surface area (Å²) in [5.74, 6) is 3.44. The largest absolute Gasteiger partial charge is 0.391 e. The van der Waals surface area contributed by atoms with Crippen LogP contribution >= 0.6 is 0 Å². The van der Waals surface area contributed by atoms with Gasteiger partial charge in [-0.15, -0.1) is 0 Å². The van der Waals surface area contributed by atoms with E-state index in [1.807, 2.05) is 0 Å². The lowest BCUT2D eigenvalue weighted by Crippen LogP contribution is -2.56. The highest BCUT2D eigenvalue weighted by molar-refractivity contribution is 5.13. The Morgan fingerprint density at radius 3 is 2.54 bits per heavy atom. The van der Waals surface area contributed by atoms with Crippen molar-refractivity contribution in [1.82, 2.24) is 4.90 Å². The molecule has 28 heavy (non-hydrogen) atoms. The summed E-state index contributed by atoms with van der Waals surface area (Å²) in [6.07, 6.45) is 12.5. The minimum Gasteiger partial charge on any atom is -0.391 e. The van der Waals surface area contributed by atoms with Gasteiger partial charge in [-0.25, -0.2) is 0 Å². The zero-order valence-electron chi connectivity index (χ0n) is 19.1. The lowest BCUT2D eigenvalue weighted by Gasteiger charge is -2.60. The van der Waals surface area contributed by atoms with Crippen molar-refractivity contribution < 1.29 is 9.84 Å². The molecule has 1 N–H and O–H groups in total. The Morgan fingerprint density at radius 1 is 1.00 bits per heavy atom. The SMILES string of the molecule is CC(C)OCCN(C)[C@H]1C(O)C[C@H]2[C@@H]3CCC4CCCC[C@]4(C)[C@H]3CC[C@]12C. The van der Waals surface area contributed by atoms with Crippen molar-refractivity contribution in [3.63, 3.8) is 0 Å². The van der Waals surface area contributed by atoms with E-state index in [0.29, 0.717) is 17.4 Å². The number of ether oxygens (including phenoxy) is 1. The molecule has 4 fully saturated rings. The van der Waals surface area contributed by atoms with Crippen LogP contribution in [0.2, 0.25) is 0 Å². The third-order valence-electron chi connectivity index (χ3n) is 9.93. The molecule has 0 aliphatic heterocycles. The summed E-state index contributed by atoms with van der Waals surface area (Å²) in [4.78, 5) is 2.43. The van der Waals surface area contributed by atoms with Gasteiger partial charge in [0.1, 0.15) is 0 Å². The smallest absolute Gasteiger partial charge is 0.0703 e. The summed E-state index contributed by atoms with van der Waals surface area (Å²) in [5, 5.41) is 11.2. The molecule has 0 amide bonds. The monoisotopic (exact) mass is 391 g/mol. The lowest BCUT2D eigenvalue weighted by atomic mass is 9.45. The predicted molar refractivity (Wildman–Crippen MR) is 115 cm³/mol. The van der Waals surface area contributed by atoms with E-state index in [1.165, 1.54) is 51.4 Å². The maximum absolute atomic E-state index is 11.2. The average Bonchev–Trinajstić information content (AvgIpc) is 2.91. The zero-order valence-corrected chi connectivity index (χ0v) is 19.1. The summed E-state index contributed by atoms with van der Waals surface area (Å²) < 4.78 is 5.81. The average molecular weight is 392 g/mol. The molecule has 0 saturated heterocycles. The molecule has 8 atom stereocenters. The Balaban J connectivity index is 1.51. The van der Waals surface area contributed by atoms with Crippen molar-refractivity contribution in [2.75, 3.05) is 20.2 Å². The quantitative estimate of drug-likeness (QED) is 0.706. The molecule has 0 aromatic carbocycles. The Kier molecular flexibility index (Phi) is 5.92. The second-order valence-corrected chi connectivity index (χ2v) is 11.6. The summed E-state index contributed by atoms with van der Waals surface area (Å²) in [6, 6.07) is 0.297. The fraction of sp³-hybridized carbons (Fsp3) is 1.00. The van der Waals surface area contributed by atoms with Gasteiger partial charge >= 0.3 is 0 Å². The maximum Gasteiger partial charge on any atom is 0.0703 e. The minimum absolute atomic E-state index is 0.172. The molecule has 4 aliphatic rings. The van der Waals surface area contributed by atoms with Gasteiger partial charge in [-0.3, -0.25) is 4.90 Å². The molecule has 0 heterocycles. The highest BCUT2D eigenvalue weighted by Crippen LogP contribution is 2.66. The van der Waals surface area contributed by atoms with Gasteiger partial charge in [-0.2, -0.15) is 0 Å². The Morgan fingerprint density at radius 2 is 1.79 bits per heavy atom. The molecule has 0 bridgehead atoms. The number of aliphatic hydroxyl groups excluding tert-OH is 1. The van der Waals surface area contributed by atoms with Crippen LogP contribution in [0.1, 0.15) is 85.5 Å². The second-order valence-electron chi connectivity index (χ2n) is 11.6. The van der Waals surface area contributed by atoms with Crippen LogP contribution < -0.4 is 0 Å². The van der Waals surface area contributed by atoms with Crippen LogP contribution in [0.3, 0.4) is 0 Å². The summed E-state index contributed by atoms with van der Waals surface area (Å²) in [5.41, 5.74) is 0.855. The van der Waals surface area contributed by atoms with Crippen molar-refractivity contribution in [2.24, 2.45) is 34.5 Å². The highest BCUT2D eigenvalue weighted by atomic mass is 16.5. The Hall–Kier alpha value is -0.120. The van der Waals surface area contributed by atoms with Crippen molar-refractivity contribution >= 4 is 0 Å². The van der Waals surface area contributed by atoms with Gasteiger partial charge in [0.05, 0.1) is 18.8 Å². The van der Waals surface area contributed by atoms with Crippen LogP contribution in [0, 0.1) is 34.5 Å². The van der Waals surface area contributed by atoms with Crippen LogP contribution in [0.15, 0.2) is 0 Å². The number of rotatable bonds is 5. The first-order valence-electron chi connectivity index (χ1n) is 12.3. The first-order chi connectivity index (χ1) is 13.3. The van der Waals surface area contributed by atoms with Crippen molar-refractivity contribution in [3.05, 3.63) is 0 Å². The summed E-state index contributed by atoms with van der Waals surface area (Å²) >= 11 is 0. The van der Waals surface area contributed by atoms with Gasteiger partial charge in [0.2, 0.25) is 0 Å². The van der Waals surface area contributed by atoms with Crippen molar-refractivity contribution in [2.45, 2.75) is 104 Å². The van der Waals surface area contributed by atoms with Crippen LogP contribution in [0.4, 0.5) is 0 Å². The molecule has 3 nitrogen and oxygen atoms in total. The first-order valence-corrected chi connectivity index (χ1v) is 12.3. The van der Waals surface area contributed by atoms with Gasteiger partial charge in [0.25, 0.3) is 0 Å². The molecule has 0 radical (unpaired) electrons. The fourth-order valence-corrected chi connectivity index (χ4v) is 8.65. The number of hydrogen-bond donors (Lipinski definition) is 1. The number of nitrogens with zero attached hydrogens (tertiary/aromatic N) is 1. The molecule has 0 aromatic rings. The van der Waals surface area contributed by atoms with E-state index in [9.17, 15) is 5.11 Å². The topological polar surface area (TPSA) is 32.7 Å². The van der Waals surface area contributed by atoms with Gasteiger partial charge in [-0.1, -0.05) is 26.7 Å². The van der Waals surface area contributed by atoms with Crippen molar-refractivity contribution in [3.8, 4) is 0 Å². The van der Waals surface area contributed by atoms with Gasteiger partial charge in [0.15, 0.2) is 0 Å². The highest BCUT2D eigenvalue weighted by Gasteiger charge is 2.62. The number of hydrogen-bond acceptors (Lipinski definition) is 3. The third kappa shape index (κ3) is 3.38. The molecule has 0 spiro atoms. The van der Waals surface area contributed by atoms with Crippen LogP contribution in [-0.2, 0) is 4.74 Å².